The van der Waals surface area contributed by atoms with Crippen molar-refractivity contribution in [3.05, 3.63) is 78.0 Å². The van der Waals surface area contributed by atoms with Gasteiger partial charge in [-0.05, 0) is 60.4 Å². The van der Waals surface area contributed by atoms with E-state index in [0.29, 0.717) is 6.42 Å². The number of aromatic nitrogens is 1. The molecule has 0 bridgehead atoms. The Morgan fingerprint density at radius 1 is 0.595 bits per heavy atom. The van der Waals surface area contributed by atoms with Gasteiger partial charge in [0.05, 0.1) is 5.69 Å². The molecule has 0 saturated heterocycles. The van der Waals surface area contributed by atoms with Gasteiger partial charge in [0, 0.05) is 18.2 Å². The number of carbonyl (C=O) groups is 1. The first kappa shape index (κ1) is 28.6. The van der Waals surface area contributed by atoms with Crippen LogP contribution in [0.1, 0.15) is 102 Å². The minimum Gasteiger partial charge on any atom is -0.481 e. The van der Waals surface area contributed by atoms with E-state index >= 15 is 0 Å². The van der Waals surface area contributed by atoms with Crippen LogP contribution >= 0.6 is 0 Å². The maximum absolute atomic E-state index is 10.5. The molecule has 0 aliphatic rings. The SMILES string of the molecule is CCCCCc1ccc(-c2ccc(-c3ccc(CCCCCCCCCCCC(=O)O)cc3)cc2)nc1. The second-order valence-corrected chi connectivity index (χ2v) is 10.4. The zero-order chi connectivity index (χ0) is 26.1. The predicted octanol–water partition coefficient (Wildman–Crippen LogP) is 9.68. The number of unbranched alkanes of at least 4 members (excludes halogenated alkanes) is 10. The third-order valence-electron chi connectivity index (χ3n) is 7.22. The van der Waals surface area contributed by atoms with Crippen molar-refractivity contribution in [3.63, 3.8) is 0 Å². The smallest absolute Gasteiger partial charge is 0.303 e. The summed E-state index contributed by atoms with van der Waals surface area (Å²) in [6.07, 6.45) is 19.1. The number of carboxylic acid groups (broad SMARTS) is 1. The molecule has 3 heteroatoms. The largest absolute Gasteiger partial charge is 0.481 e. The number of hydrogen-bond donors (Lipinski definition) is 1. The van der Waals surface area contributed by atoms with Gasteiger partial charge < -0.3 is 5.11 Å². The molecule has 0 unspecified atom stereocenters. The van der Waals surface area contributed by atoms with E-state index in [0.717, 1.165) is 31.4 Å². The van der Waals surface area contributed by atoms with Crippen molar-refractivity contribution < 1.29 is 9.90 Å². The molecule has 3 rings (SSSR count). The Morgan fingerprint density at radius 2 is 1.08 bits per heavy atom. The molecule has 0 atom stereocenters. The zero-order valence-corrected chi connectivity index (χ0v) is 22.8. The first-order chi connectivity index (χ1) is 18.2. The van der Waals surface area contributed by atoms with Gasteiger partial charge in [0.2, 0.25) is 0 Å². The van der Waals surface area contributed by atoms with Crippen LogP contribution < -0.4 is 0 Å². The molecule has 0 aliphatic heterocycles. The van der Waals surface area contributed by atoms with Crippen LogP contribution in [0.25, 0.3) is 22.4 Å². The molecule has 1 N–H and O–H groups in total. The molecule has 3 aromatic rings. The van der Waals surface area contributed by atoms with Crippen LogP contribution in [-0.2, 0) is 17.6 Å². The second kappa shape index (κ2) is 16.7. The van der Waals surface area contributed by atoms with Gasteiger partial charge in [-0.1, -0.05) is 119 Å². The van der Waals surface area contributed by atoms with Crippen LogP contribution in [0, 0.1) is 0 Å². The molecule has 0 radical (unpaired) electrons. The van der Waals surface area contributed by atoms with E-state index in [9.17, 15) is 4.79 Å². The lowest BCUT2D eigenvalue weighted by atomic mass is 9.99. The van der Waals surface area contributed by atoms with E-state index in [1.807, 2.05) is 6.20 Å². The average Bonchev–Trinajstić information content (AvgIpc) is 2.92. The predicted molar refractivity (Wildman–Crippen MR) is 156 cm³/mol. The number of hydrogen-bond acceptors (Lipinski definition) is 2. The Morgan fingerprint density at radius 3 is 1.65 bits per heavy atom. The van der Waals surface area contributed by atoms with Crippen LogP contribution in [0.4, 0.5) is 0 Å². The monoisotopic (exact) mass is 499 g/mol. The number of aryl methyl sites for hydroxylation is 2. The van der Waals surface area contributed by atoms with Gasteiger partial charge in [-0.3, -0.25) is 9.78 Å². The normalized spacial score (nSPS) is 11.1. The molecule has 0 amide bonds. The Bertz CT molecular complexity index is 1020. The zero-order valence-electron chi connectivity index (χ0n) is 22.8. The van der Waals surface area contributed by atoms with E-state index in [-0.39, 0.29) is 0 Å². The van der Waals surface area contributed by atoms with E-state index in [4.69, 9.17) is 10.1 Å². The summed E-state index contributed by atoms with van der Waals surface area (Å²) in [7, 11) is 0. The number of carboxylic acids is 1. The van der Waals surface area contributed by atoms with Crippen molar-refractivity contribution in [2.24, 2.45) is 0 Å². The maximum Gasteiger partial charge on any atom is 0.303 e. The quantitative estimate of drug-likeness (QED) is 0.177. The highest BCUT2D eigenvalue weighted by Crippen LogP contribution is 2.25. The minimum atomic E-state index is -0.670. The number of benzene rings is 2. The van der Waals surface area contributed by atoms with E-state index in [1.165, 1.54) is 92.0 Å². The third kappa shape index (κ3) is 10.9. The van der Waals surface area contributed by atoms with Crippen LogP contribution in [0.2, 0.25) is 0 Å². The van der Waals surface area contributed by atoms with Gasteiger partial charge in [-0.15, -0.1) is 0 Å². The van der Waals surface area contributed by atoms with Crippen molar-refractivity contribution in [2.45, 2.75) is 103 Å². The first-order valence-corrected chi connectivity index (χ1v) is 14.5. The fourth-order valence-electron chi connectivity index (χ4n) is 4.86. The topological polar surface area (TPSA) is 50.2 Å². The van der Waals surface area contributed by atoms with Crippen LogP contribution in [0.3, 0.4) is 0 Å². The summed E-state index contributed by atoms with van der Waals surface area (Å²) in [6, 6.07) is 22.2. The van der Waals surface area contributed by atoms with Crippen molar-refractivity contribution >= 4 is 5.97 Å². The molecule has 0 fully saturated rings. The first-order valence-electron chi connectivity index (χ1n) is 14.5. The van der Waals surface area contributed by atoms with Gasteiger partial charge in [0.1, 0.15) is 0 Å². The summed E-state index contributed by atoms with van der Waals surface area (Å²) in [5.74, 6) is -0.670. The molecule has 0 aliphatic carbocycles. The van der Waals surface area contributed by atoms with Crippen LogP contribution in [0.5, 0.6) is 0 Å². The van der Waals surface area contributed by atoms with Gasteiger partial charge >= 0.3 is 5.97 Å². The highest BCUT2D eigenvalue weighted by molar-refractivity contribution is 5.69. The van der Waals surface area contributed by atoms with E-state index in [1.54, 1.807) is 0 Å². The molecular weight excluding hydrogens is 454 g/mol. The van der Waals surface area contributed by atoms with Gasteiger partial charge in [-0.2, -0.15) is 0 Å². The number of pyridine rings is 1. The Labute approximate surface area is 224 Å². The van der Waals surface area contributed by atoms with E-state index < -0.39 is 5.97 Å². The molecule has 1 heterocycles. The fourth-order valence-corrected chi connectivity index (χ4v) is 4.86. The fraction of sp³-hybridized carbons (Fsp3) is 0.471. The van der Waals surface area contributed by atoms with Gasteiger partial charge in [-0.25, -0.2) is 0 Å². The molecular formula is C34H45NO2. The second-order valence-electron chi connectivity index (χ2n) is 10.4. The average molecular weight is 500 g/mol. The lowest BCUT2D eigenvalue weighted by Crippen LogP contribution is -1.93. The lowest BCUT2D eigenvalue weighted by molar-refractivity contribution is -0.137. The Hall–Kier alpha value is -2.94. The van der Waals surface area contributed by atoms with Crippen LogP contribution in [0.15, 0.2) is 66.9 Å². The van der Waals surface area contributed by atoms with E-state index in [2.05, 4.69) is 67.6 Å². The summed E-state index contributed by atoms with van der Waals surface area (Å²) in [6.45, 7) is 2.24. The minimum absolute atomic E-state index is 0.319. The lowest BCUT2D eigenvalue weighted by Gasteiger charge is -2.07. The summed E-state index contributed by atoms with van der Waals surface area (Å²) in [5.41, 5.74) is 7.46. The van der Waals surface area contributed by atoms with Crippen molar-refractivity contribution in [3.8, 4) is 22.4 Å². The number of nitrogens with zero attached hydrogens (tertiary/aromatic N) is 1. The summed E-state index contributed by atoms with van der Waals surface area (Å²) >= 11 is 0. The Balaban J connectivity index is 1.34. The molecule has 198 valence electrons. The summed E-state index contributed by atoms with van der Waals surface area (Å²) in [4.78, 5) is 15.2. The van der Waals surface area contributed by atoms with Crippen molar-refractivity contribution in [1.82, 2.24) is 4.98 Å². The summed E-state index contributed by atoms with van der Waals surface area (Å²) in [5, 5.41) is 8.66. The number of rotatable bonds is 18. The highest BCUT2D eigenvalue weighted by atomic mass is 16.4. The standard InChI is InChI=1S/C34H45NO2/c1-2-3-11-15-29-19-26-33(35-27-29)32-24-22-31(23-25-32)30-20-17-28(18-21-30)14-12-9-7-5-4-6-8-10-13-16-34(36)37/h17-27H,2-16H2,1H3,(H,36,37). The highest BCUT2D eigenvalue weighted by Gasteiger charge is 2.03. The number of aliphatic carboxylic acids is 1. The maximum atomic E-state index is 10.5. The molecule has 37 heavy (non-hydrogen) atoms. The Kier molecular flexibility index (Phi) is 12.9. The van der Waals surface area contributed by atoms with Crippen molar-refractivity contribution in [2.75, 3.05) is 0 Å². The van der Waals surface area contributed by atoms with Gasteiger partial charge in [0.25, 0.3) is 0 Å². The van der Waals surface area contributed by atoms with Crippen molar-refractivity contribution in [1.29, 1.82) is 0 Å². The molecule has 3 nitrogen and oxygen atoms in total. The third-order valence-corrected chi connectivity index (χ3v) is 7.22. The molecule has 0 saturated carbocycles. The van der Waals surface area contributed by atoms with Crippen LogP contribution in [-0.4, -0.2) is 16.1 Å². The molecule has 1 aromatic heterocycles. The summed E-state index contributed by atoms with van der Waals surface area (Å²) < 4.78 is 0. The van der Waals surface area contributed by atoms with Gasteiger partial charge in [0.15, 0.2) is 0 Å². The molecule has 0 spiro atoms. The molecule has 2 aromatic carbocycles.